The molecule has 0 radical (unpaired) electrons. The number of carboxylic acids is 1. The topological polar surface area (TPSA) is 103 Å². The van der Waals surface area contributed by atoms with Gasteiger partial charge in [0, 0.05) is 20.9 Å². The van der Waals surface area contributed by atoms with Gasteiger partial charge in [0.25, 0.3) is 5.56 Å². The minimum atomic E-state index is -1.09. The second-order valence-corrected chi connectivity index (χ2v) is 8.92. The van der Waals surface area contributed by atoms with Crippen LogP contribution in [-0.2, 0) is 11.2 Å². The number of nitrogens with zero attached hydrogens (tertiary/aromatic N) is 3. The van der Waals surface area contributed by atoms with Crippen molar-refractivity contribution in [1.29, 1.82) is 0 Å². The van der Waals surface area contributed by atoms with E-state index in [9.17, 15) is 9.59 Å². The fourth-order valence-corrected chi connectivity index (χ4v) is 3.86. The molecule has 0 aliphatic carbocycles. The number of fused-ring (bicyclic) bond motifs is 1. The number of aryl methyl sites for hydroxylation is 1. The molecule has 2 aromatic carbocycles. The molecule has 8 nitrogen and oxygen atoms in total. The molecule has 0 saturated heterocycles. The van der Waals surface area contributed by atoms with Gasteiger partial charge in [-0.15, -0.1) is 0 Å². The number of benzene rings is 2. The molecule has 0 bridgehead atoms. The maximum atomic E-state index is 13.2. The fraction of sp³-hybridized carbons (Fsp3) is 0.304. The summed E-state index contributed by atoms with van der Waals surface area (Å²) < 4.78 is 13.8. The zero-order chi connectivity index (χ0) is 24.1. The van der Waals surface area contributed by atoms with Crippen LogP contribution in [0.3, 0.4) is 0 Å². The molecule has 0 fully saturated rings. The van der Waals surface area contributed by atoms with E-state index in [1.54, 1.807) is 24.3 Å². The summed E-state index contributed by atoms with van der Waals surface area (Å²) in [5.41, 5.74) is 0.974. The first kappa shape index (κ1) is 24.9. The van der Waals surface area contributed by atoms with Crippen molar-refractivity contribution in [3.05, 3.63) is 61.0 Å². The monoisotopic (exact) mass is 579 g/mol. The second-order valence-electron chi connectivity index (χ2n) is 7.15. The Morgan fingerprint density at radius 3 is 2.67 bits per heavy atom. The van der Waals surface area contributed by atoms with Crippen LogP contribution in [-0.4, -0.2) is 39.7 Å². The summed E-state index contributed by atoms with van der Waals surface area (Å²) in [7, 11) is 0. The van der Waals surface area contributed by atoms with Crippen LogP contribution in [0.5, 0.6) is 11.5 Å². The zero-order valence-corrected chi connectivity index (χ0v) is 21.5. The molecule has 1 heterocycles. The quantitative estimate of drug-likeness (QED) is 0.357. The number of ether oxygens (including phenoxy) is 2. The molecule has 10 heteroatoms. The Morgan fingerprint density at radius 1 is 1.24 bits per heavy atom. The van der Waals surface area contributed by atoms with Crippen LogP contribution >= 0.6 is 31.9 Å². The lowest BCUT2D eigenvalue weighted by Crippen LogP contribution is -2.23. The van der Waals surface area contributed by atoms with Gasteiger partial charge in [-0.05, 0) is 66.5 Å². The Balaban J connectivity index is 2.07. The molecule has 1 N–H and O–H groups in total. The van der Waals surface area contributed by atoms with Crippen LogP contribution in [0.2, 0.25) is 0 Å². The molecule has 0 aliphatic heterocycles. The van der Waals surface area contributed by atoms with E-state index in [-0.39, 0.29) is 11.3 Å². The van der Waals surface area contributed by atoms with E-state index in [2.05, 4.69) is 41.9 Å². The molecule has 0 aliphatic rings. The van der Waals surface area contributed by atoms with Gasteiger partial charge in [0.05, 0.1) is 23.7 Å². The maximum Gasteiger partial charge on any atom is 0.344 e. The predicted octanol–water partition coefficient (Wildman–Crippen LogP) is 5.01. The fourth-order valence-electron chi connectivity index (χ4n) is 3.07. The van der Waals surface area contributed by atoms with Gasteiger partial charge in [-0.25, -0.2) is 9.78 Å². The Labute approximate surface area is 207 Å². The Morgan fingerprint density at radius 2 is 2.00 bits per heavy atom. The SMILES string of the molecule is CCCc1nc2ccc(Br)cc2c(=O)n1N=Cc1cc(OCC)c(O[C@@H](C)C(=O)O)cc1Br. The average molecular weight is 581 g/mol. The Kier molecular flexibility index (Phi) is 8.25. The molecule has 0 saturated carbocycles. The second kappa shape index (κ2) is 10.9. The van der Waals surface area contributed by atoms with Gasteiger partial charge in [0.1, 0.15) is 5.82 Å². The normalized spacial score (nSPS) is 12.3. The third kappa shape index (κ3) is 5.80. The van der Waals surface area contributed by atoms with Crippen molar-refractivity contribution in [1.82, 2.24) is 9.66 Å². The summed E-state index contributed by atoms with van der Waals surface area (Å²) >= 11 is 6.86. The van der Waals surface area contributed by atoms with Crippen molar-refractivity contribution < 1.29 is 19.4 Å². The molecule has 3 aromatic rings. The van der Waals surface area contributed by atoms with E-state index < -0.39 is 12.1 Å². The number of carboxylic acid groups (broad SMARTS) is 1. The van der Waals surface area contributed by atoms with Crippen LogP contribution in [0, 0.1) is 0 Å². The van der Waals surface area contributed by atoms with Gasteiger partial charge in [-0.2, -0.15) is 9.78 Å². The first-order valence-electron chi connectivity index (χ1n) is 10.4. The van der Waals surface area contributed by atoms with E-state index in [0.717, 1.165) is 10.9 Å². The Bertz CT molecular complexity index is 1270. The number of carbonyl (C=O) groups is 1. The van der Waals surface area contributed by atoms with Gasteiger partial charge in [-0.3, -0.25) is 4.79 Å². The summed E-state index contributed by atoms with van der Waals surface area (Å²) in [5.74, 6) is 0.135. The molecular weight excluding hydrogens is 558 g/mol. The average Bonchev–Trinajstić information content (AvgIpc) is 2.76. The minimum Gasteiger partial charge on any atom is -0.490 e. The van der Waals surface area contributed by atoms with Crippen LogP contribution < -0.4 is 15.0 Å². The standard InChI is InChI=1S/C23H23Br2N3O5/c1-4-6-21-27-18-8-7-15(24)10-16(18)22(29)28(21)26-12-14-9-19(32-5-2)20(11-17(14)25)33-13(3)23(30)31/h7-13H,4-6H2,1-3H3,(H,30,31)/t13-/m0/s1. The van der Waals surface area contributed by atoms with Crippen molar-refractivity contribution >= 4 is 54.9 Å². The molecule has 174 valence electrons. The van der Waals surface area contributed by atoms with Crippen LogP contribution in [0.4, 0.5) is 0 Å². The summed E-state index contributed by atoms with van der Waals surface area (Å²) in [5, 5.41) is 14.0. The Hall–Kier alpha value is -2.72. The first-order valence-corrected chi connectivity index (χ1v) is 11.9. The van der Waals surface area contributed by atoms with Crippen molar-refractivity contribution in [2.45, 2.75) is 39.7 Å². The molecule has 3 rings (SSSR count). The van der Waals surface area contributed by atoms with Gasteiger partial charge in [-0.1, -0.05) is 22.9 Å². The van der Waals surface area contributed by atoms with Crippen LogP contribution in [0.15, 0.2) is 49.2 Å². The number of hydrogen-bond donors (Lipinski definition) is 1. The predicted molar refractivity (Wildman–Crippen MR) is 134 cm³/mol. The van der Waals surface area contributed by atoms with E-state index in [1.165, 1.54) is 17.8 Å². The minimum absolute atomic E-state index is 0.266. The largest absolute Gasteiger partial charge is 0.490 e. The van der Waals surface area contributed by atoms with Crippen molar-refractivity contribution in [2.24, 2.45) is 5.10 Å². The van der Waals surface area contributed by atoms with Crippen molar-refractivity contribution in [3.8, 4) is 11.5 Å². The number of halogens is 2. The third-order valence-electron chi connectivity index (χ3n) is 4.68. The number of aliphatic carboxylic acids is 1. The van der Waals surface area contributed by atoms with Crippen LogP contribution in [0.25, 0.3) is 10.9 Å². The third-order valence-corrected chi connectivity index (χ3v) is 5.86. The van der Waals surface area contributed by atoms with Gasteiger partial charge in [0.15, 0.2) is 17.6 Å². The van der Waals surface area contributed by atoms with E-state index in [4.69, 9.17) is 14.6 Å². The van der Waals surface area contributed by atoms with Gasteiger partial charge in [0.2, 0.25) is 0 Å². The van der Waals surface area contributed by atoms with E-state index >= 15 is 0 Å². The highest BCUT2D eigenvalue weighted by Crippen LogP contribution is 2.34. The number of hydrogen-bond acceptors (Lipinski definition) is 6. The smallest absolute Gasteiger partial charge is 0.344 e. The molecule has 1 aromatic heterocycles. The molecule has 0 spiro atoms. The lowest BCUT2D eigenvalue weighted by Gasteiger charge is -2.16. The number of rotatable bonds is 9. The molecule has 33 heavy (non-hydrogen) atoms. The summed E-state index contributed by atoms with van der Waals surface area (Å²) in [4.78, 5) is 29.0. The molecular formula is C23H23Br2N3O5. The van der Waals surface area contributed by atoms with Crippen molar-refractivity contribution in [3.63, 3.8) is 0 Å². The van der Waals surface area contributed by atoms with E-state index in [1.807, 2.05) is 19.9 Å². The van der Waals surface area contributed by atoms with E-state index in [0.29, 0.717) is 45.5 Å². The zero-order valence-electron chi connectivity index (χ0n) is 18.3. The van der Waals surface area contributed by atoms with Gasteiger partial charge >= 0.3 is 5.97 Å². The summed E-state index contributed by atoms with van der Waals surface area (Å²) in [6, 6.07) is 8.67. The molecule has 1 atom stereocenters. The van der Waals surface area contributed by atoms with Crippen LogP contribution in [0.1, 0.15) is 38.6 Å². The van der Waals surface area contributed by atoms with Crippen molar-refractivity contribution in [2.75, 3.05) is 6.61 Å². The highest BCUT2D eigenvalue weighted by molar-refractivity contribution is 9.10. The highest BCUT2D eigenvalue weighted by Gasteiger charge is 2.18. The molecule has 0 amide bonds. The maximum absolute atomic E-state index is 13.2. The lowest BCUT2D eigenvalue weighted by molar-refractivity contribution is -0.144. The highest BCUT2D eigenvalue weighted by atomic mass is 79.9. The molecule has 0 unspecified atom stereocenters. The summed E-state index contributed by atoms with van der Waals surface area (Å²) in [6.07, 6.45) is 1.87. The number of aromatic nitrogens is 2. The first-order chi connectivity index (χ1) is 15.7. The van der Waals surface area contributed by atoms with Gasteiger partial charge < -0.3 is 14.6 Å². The summed E-state index contributed by atoms with van der Waals surface area (Å²) in [6.45, 7) is 5.62. The lowest BCUT2D eigenvalue weighted by atomic mass is 10.2.